The van der Waals surface area contributed by atoms with E-state index in [0.717, 1.165) is 25.0 Å². The average molecular weight is 221 g/mol. The highest BCUT2D eigenvalue weighted by Crippen LogP contribution is 2.25. The Hall–Kier alpha value is -1.06. The topological polar surface area (TPSA) is 30.5 Å². The molecule has 1 aliphatic rings. The Labute approximate surface area is 96.7 Å². The Morgan fingerprint density at radius 1 is 1.38 bits per heavy atom. The van der Waals surface area contributed by atoms with Gasteiger partial charge in [-0.2, -0.15) is 5.48 Å². The Morgan fingerprint density at radius 3 is 3.00 bits per heavy atom. The lowest BCUT2D eigenvalue weighted by molar-refractivity contribution is 0.0212. The lowest BCUT2D eigenvalue weighted by atomic mass is 9.88. The molecule has 1 aromatic carbocycles. The molecular formula is C13H19NO2. The highest BCUT2D eigenvalue weighted by atomic mass is 16.6. The predicted octanol–water partition coefficient (Wildman–Crippen LogP) is 2.09. The van der Waals surface area contributed by atoms with Crippen LogP contribution in [0.4, 0.5) is 0 Å². The number of hydrogen-bond acceptors (Lipinski definition) is 3. The summed E-state index contributed by atoms with van der Waals surface area (Å²) in [6, 6.07) is 6.77. The third-order valence-corrected chi connectivity index (χ3v) is 3.04. The minimum Gasteiger partial charge on any atom is -0.497 e. The van der Waals surface area contributed by atoms with Gasteiger partial charge in [0.25, 0.3) is 0 Å². The minimum absolute atomic E-state index is 0.430. The second-order valence-corrected chi connectivity index (χ2v) is 4.13. The largest absolute Gasteiger partial charge is 0.497 e. The number of rotatable bonds is 4. The second kappa shape index (κ2) is 5.32. The van der Waals surface area contributed by atoms with Gasteiger partial charge in [-0.3, -0.25) is 0 Å². The third kappa shape index (κ3) is 2.54. The number of ether oxygens (including phenoxy) is 1. The van der Waals surface area contributed by atoms with Gasteiger partial charge in [0.2, 0.25) is 0 Å². The zero-order valence-corrected chi connectivity index (χ0v) is 9.95. The Kier molecular flexibility index (Phi) is 3.80. The lowest BCUT2D eigenvalue weighted by Crippen LogP contribution is -2.34. The van der Waals surface area contributed by atoms with Crippen LogP contribution in [-0.4, -0.2) is 19.8 Å². The molecule has 1 aliphatic carbocycles. The van der Waals surface area contributed by atoms with Crippen molar-refractivity contribution >= 4 is 0 Å². The van der Waals surface area contributed by atoms with Crippen molar-refractivity contribution in [3.8, 4) is 5.75 Å². The van der Waals surface area contributed by atoms with Gasteiger partial charge >= 0.3 is 0 Å². The maximum Gasteiger partial charge on any atom is 0.119 e. The van der Waals surface area contributed by atoms with E-state index in [4.69, 9.17) is 9.57 Å². The van der Waals surface area contributed by atoms with E-state index < -0.39 is 0 Å². The van der Waals surface area contributed by atoms with Crippen molar-refractivity contribution < 1.29 is 9.57 Å². The number of fused-ring (bicyclic) bond motifs is 1. The fourth-order valence-electron chi connectivity index (χ4n) is 2.16. The van der Waals surface area contributed by atoms with Crippen LogP contribution < -0.4 is 10.2 Å². The summed E-state index contributed by atoms with van der Waals surface area (Å²) in [7, 11) is 1.71. The molecule has 0 spiro atoms. The summed E-state index contributed by atoms with van der Waals surface area (Å²) in [5.74, 6) is 0.941. The lowest BCUT2D eigenvalue weighted by Gasteiger charge is -2.25. The van der Waals surface area contributed by atoms with Crippen molar-refractivity contribution in [1.29, 1.82) is 0 Å². The molecule has 0 aliphatic heterocycles. The van der Waals surface area contributed by atoms with Crippen molar-refractivity contribution in [3.05, 3.63) is 29.3 Å². The van der Waals surface area contributed by atoms with Gasteiger partial charge < -0.3 is 9.57 Å². The van der Waals surface area contributed by atoms with Crippen LogP contribution in [0.15, 0.2) is 18.2 Å². The number of aryl methyl sites for hydroxylation is 1. The maximum atomic E-state index is 5.26. The number of methoxy groups -OCH3 is 1. The molecular weight excluding hydrogens is 202 g/mol. The van der Waals surface area contributed by atoms with Gasteiger partial charge in [0.1, 0.15) is 5.75 Å². The van der Waals surface area contributed by atoms with Crippen molar-refractivity contribution in [3.63, 3.8) is 0 Å². The first kappa shape index (κ1) is 11.4. The fourth-order valence-corrected chi connectivity index (χ4v) is 2.16. The number of nitrogens with one attached hydrogen (secondary N) is 1. The number of hydroxylamine groups is 1. The third-order valence-electron chi connectivity index (χ3n) is 3.04. The van der Waals surface area contributed by atoms with Crippen LogP contribution in [0.2, 0.25) is 0 Å². The van der Waals surface area contributed by atoms with Crippen molar-refractivity contribution in [2.45, 2.75) is 32.2 Å². The molecule has 16 heavy (non-hydrogen) atoms. The minimum atomic E-state index is 0.430. The van der Waals surface area contributed by atoms with Crippen LogP contribution in [0.1, 0.15) is 24.5 Å². The standard InChI is InChI=1S/C13H19NO2/c1-3-16-14-12-6-4-10-5-7-13(15-2)9-11(10)8-12/h5,7,9,12,14H,3-4,6,8H2,1-2H3. The van der Waals surface area contributed by atoms with Crippen LogP contribution in [0, 0.1) is 0 Å². The molecule has 1 N–H and O–H groups in total. The van der Waals surface area contributed by atoms with Gasteiger partial charge in [0, 0.05) is 6.04 Å². The predicted molar refractivity (Wildman–Crippen MR) is 63.6 cm³/mol. The molecule has 0 amide bonds. The molecule has 0 radical (unpaired) electrons. The van der Waals surface area contributed by atoms with E-state index in [1.807, 2.05) is 13.0 Å². The second-order valence-electron chi connectivity index (χ2n) is 4.13. The summed E-state index contributed by atoms with van der Waals surface area (Å²) >= 11 is 0. The molecule has 1 aromatic rings. The zero-order valence-electron chi connectivity index (χ0n) is 9.95. The highest BCUT2D eigenvalue weighted by Gasteiger charge is 2.18. The quantitative estimate of drug-likeness (QED) is 0.790. The summed E-state index contributed by atoms with van der Waals surface area (Å²) in [4.78, 5) is 5.26. The Bertz CT molecular complexity index is 352. The SMILES string of the molecule is CCONC1CCc2ccc(OC)cc2C1. The van der Waals surface area contributed by atoms with Crippen LogP contribution in [0.3, 0.4) is 0 Å². The van der Waals surface area contributed by atoms with Gasteiger partial charge in [-0.1, -0.05) is 6.07 Å². The molecule has 1 unspecified atom stereocenters. The van der Waals surface area contributed by atoms with Crippen molar-refractivity contribution in [1.82, 2.24) is 5.48 Å². The van der Waals surface area contributed by atoms with Gasteiger partial charge in [0.15, 0.2) is 0 Å². The molecule has 3 heteroatoms. The number of benzene rings is 1. The Balaban J connectivity index is 2.06. The molecule has 0 saturated heterocycles. The van der Waals surface area contributed by atoms with Crippen LogP contribution in [-0.2, 0) is 17.7 Å². The molecule has 88 valence electrons. The maximum absolute atomic E-state index is 5.26. The van der Waals surface area contributed by atoms with Gasteiger partial charge in [-0.15, -0.1) is 0 Å². The first-order valence-electron chi connectivity index (χ1n) is 5.86. The fraction of sp³-hybridized carbons (Fsp3) is 0.538. The average Bonchev–Trinajstić information content (AvgIpc) is 2.35. The first-order valence-corrected chi connectivity index (χ1v) is 5.86. The van der Waals surface area contributed by atoms with E-state index in [-0.39, 0.29) is 0 Å². The molecule has 2 rings (SSSR count). The van der Waals surface area contributed by atoms with E-state index in [1.165, 1.54) is 11.1 Å². The molecule has 0 aromatic heterocycles. The highest BCUT2D eigenvalue weighted by molar-refractivity contribution is 5.37. The smallest absolute Gasteiger partial charge is 0.119 e. The normalized spacial score (nSPS) is 19.2. The van der Waals surface area contributed by atoms with Gasteiger partial charge in [-0.25, -0.2) is 0 Å². The summed E-state index contributed by atoms with van der Waals surface area (Å²) in [6.07, 6.45) is 3.27. The first-order chi connectivity index (χ1) is 7.83. The molecule has 0 saturated carbocycles. The van der Waals surface area contributed by atoms with E-state index in [0.29, 0.717) is 12.6 Å². The number of hydrogen-bond donors (Lipinski definition) is 1. The van der Waals surface area contributed by atoms with E-state index in [1.54, 1.807) is 7.11 Å². The van der Waals surface area contributed by atoms with E-state index >= 15 is 0 Å². The van der Waals surface area contributed by atoms with Gasteiger partial charge in [0.05, 0.1) is 13.7 Å². The van der Waals surface area contributed by atoms with Crippen LogP contribution >= 0.6 is 0 Å². The summed E-state index contributed by atoms with van der Waals surface area (Å²) in [5.41, 5.74) is 5.93. The van der Waals surface area contributed by atoms with Crippen LogP contribution in [0.5, 0.6) is 5.75 Å². The van der Waals surface area contributed by atoms with Crippen molar-refractivity contribution in [2.75, 3.05) is 13.7 Å². The molecule has 0 fully saturated rings. The summed E-state index contributed by atoms with van der Waals surface area (Å²) in [6.45, 7) is 2.70. The molecule has 3 nitrogen and oxygen atoms in total. The van der Waals surface area contributed by atoms with Crippen LogP contribution in [0.25, 0.3) is 0 Å². The molecule has 0 heterocycles. The monoisotopic (exact) mass is 221 g/mol. The summed E-state index contributed by atoms with van der Waals surface area (Å²) in [5, 5.41) is 0. The summed E-state index contributed by atoms with van der Waals surface area (Å²) < 4.78 is 5.24. The van der Waals surface area contributed by atoms with E-state index in [2.05, 4.69) is 17.6 Å². The van der Waals surface area contributed by atoms with E-state index in [9.17, 15) is 0 Å². The zero-order chi connectivity index (χ0) is 11.4. The molecule has 1 atom stereocenters. The van der Waals surface area contributed by atoms with Gasteiger partial charge in [-0.05, 0) is 49.4 Å². The van der Waals surface area contributed by atoms with Crippen molar-refractivity contribution in [2.24, 2.45) is 0 Å². The molecule has 0 bridgehead atoms. The Morgan fingerprint density at radius 2 is 2.25 bits per heavy atom.